The number of nitrogens with zero attached hydrogens (tertiary/aromatic N) is 4. The summed E-state index contributed by atoms with van der Waals surface area (Å²) in [7, 11) is 1.66. The van der Waals surface area contributed by atoms with Crippen LogP contribution in [0, 0.1) is 0 Å². The molecule has 8 nitrogen and oxygen atoms in total. The summed E-state index contributed by atoms with van der Waals surface area (Å²) in [5.74, 6) is 1.66. The van der Waals surface area contributed by atoms with E-state index in [9.17, 15) is 4.79 Å². The van der Waals surface area contributed by atoms with E-state index in [-0.39, 0.29) is 5.91 Å². The minimum atomic E-state index is 0.144. The molecule has 0 bridgehead atoms. The predicted octanol–water partition coefficient (Wildman–Crippen LogP) is 3.53. The molecule has 158 valence electrons. The van der Waals surface area contributed by atoms with Gasteiger partial charge in [0, 0.05) is 55.2 Å². The zero-order chi connectivity index (χ0) is 21.4. The number of carbonyl (C=O) groups excluding carboxylic acids is 1. The van der Waals surface area contributed by atoms with E-state index in [1.165, 1.54) is 0 Å². The van der Waals surface area contributed by atoms with Crippen molar-refractivity contribution in [2.45, 2.75) is 6.92 Å². The van der Waals surface area contributed by atoms with Gasteiger partial charge in [-0.2, -0.15) is 5.10 Å². The van der Waals surface area contributed by atoms with E-state index in [4.69, 9.17) is 9.72 Å². The van der Waals surface area contributed by atoms with Crippen LogP contribution < -0.4 is 15.0 Å². The van der Waals surface area contributed by atoms with Crippen LogP contribution in [0.5, 0.6) is 5.75 Å². The monoisotopic (exact) mass is 416 g/mol. The number of piperazine rings is 1. The van der Waals surface area contributed by atoms with Gasteiger partial charge in [-0.3, -0.25) is 9.89 Å². The first-order valence-corrected chi connectivity index (χ1v) is 10.3. The molecule has 3 heterocycles. The second-order valence-corrected chi connectivity index (χ2v) is 7.67. The number of nitrogens with one attached hydrogen (secondary N) is 2. The van der Waals surface area contributed by atoms with E-state index in [1.807, 2.05) is 29.3 Å². The summed E-state index contributed by atoms with van der Waals surface area (Å²) in [6, 6.07) is 14.1. The maximum Gasteiger partial charge on any atom is 0.219 e. The van der Waals surface area contributed by atoms with Gasteiger partial charge < -0.3 is 19.9 Å². The third-order valence-electron chi connectivity index (χ3n) is 5.82. The number of benzene rings is 2. The summed E-state index contributed by atoms with van der Waals surface area (Å²) >= 11 is 0. The van der Waals surface area contributed by atoms with Gasteiger partial charge in [-0.15, -0.1) is 0 Å². The molecule has 1 aliphatic heterocycles. The molecule has 4 aromatic rings. The number of anilines is 3. The standard InChI is InChI=1S/C23H24N6O2/c1-15(30)28-9-11-29(12-10-28)17-5-3-16(4-6-17)25-23-22-20(14-24-27-22)19-13-18(31-2)7-8-21(19)26-23/h3-8,13-14H,9-12H2,1-2H3,(H,24,27)(H,25,26). The highest BCUT2D eigenvalue weighted by Crippen LogP contribution is 2.32. The van der Waals surface area contributed by atoms with Crippen molar-refractivity contribution in [3.63, 3.8) is 0 Å². The first-order chi connectivity index (χ1) is 15.1. The SMILES string of the molecule is COc1ccc2nc(Nc3ccc(N4CCN(C(C)=O)CC4)cc3)c3[nH]ncc3c2c1. The zero-order valence-electron chi connectivity index (χ0n) is 17.6. The number of amides is 1. The highest BCUT2D eigenvalue weighted by molar-refractivity contribution is 6.09. The van der Waals surface area contributed by atoms with Gasteiger partial charge in [0.15, 0.2) is 5.82 Å². The van der Waals surface area contributed by atoms with E-state index in [0.29, 0.717) is 0 Å². The van der Waals surface area contributed by atoms with Crippen LogP contribution in [0.2, 0.25) is 0 Å². The Kier molecular flexibility index (Phi) is 4.82. The number of hydrogen-bond acceptors (Lipinski definition) is 6. The van der Waals surface area contributed by atoms with E-state index < -0.39 is 0 Å². The smallest absolute Gasteiger partial charge is 0.219 e. The van der Waals surface area contributed by atoms with Crippen LogP contribution >= 0.6 is 0 Å². The molecule has 2 aromatic carbocycles. The number of H-pyrrole nitrogens is 1. The van der Waals surface area contributed by atoms with Crippen molar-refractivity contribution in [3.8, 4) is 5.75 Å². The Morgan fingerprint density at radius 3 is 2.55 bits per heavy atom. The van der Waals surface area contributed by atoms with Gasteiger partial charge in [-0.25, -0.2) is 4.98 Å². The first-order valence-electron chi connectivity index (χ1n) is 10.3. The fourth-order valence-corrected chi connectivity index (χ4v) is 4.06. The lowest BCUT2D eigenvalue weighted by atomic mass is 10.1. The van der Waals surface area contributed by atoms with Crippen molar-refractivity contribution >= 4 is 44.9 Å². The second kappa shape index (κ2) is 7.79. The van der Waals surface area contributed by atoms with Gasteiger partial charge in [-0.05, 0) is 42.5 Å². The molecular weight excluding hydrogens is 392 g/mol. The number of ether oxygens (including phenoxy) is 1. The normalized spacial score (nSPS) is 14.3. The lowest BCUT2D eigenvalue weighted by molar-refractivity contribution is -0.129. The maximum atomic E-state index is 11.5. The van der Waals surface area contributed by atoms with Crippen LogP contribution in [0.3, 0.4) is 0 Å². The summed E-state index contributed by atoms with van der Waals surface area (Å²) in [6.45, 7) is 4.84. The number of methoxy groups -OCH3 is 1. The summed E-state index contributed by atoms with van der Waals surface area (Å²) < 4.78 is 5.36. The van der Waals surface area contributed by atoms with Crippen LogP contribution in [-0.2, 0) is 4.79 Å². The molecule has 31 heavy (non-hydrogen) atoms. The lowest BCUT2D eigenvalue weighted by Crippen LogP contribution is -2.48. The van der Waals surface area contributed by atoms with Gasteiger partial charge in [0.1, 0.15) is 11.3 Å². The van der Waals surface area contributed by atoms with Gasteiger partial charge in [0.2, 0.25) is 5.91 Å². The highest BCUT2D eigenvalue weighted by atomic mass is 16.5. The van der Waals surface area contributed by atoms with Crippen LogP contribution in [0.1, 0.15) is 6.92 Å². The molecule has 0 spiro atoms. The molecule has 1 fully saturated rings. The van der Waals surface area contributed by atoms with Crippen LogP contribution in [0.25, 0.3) is 21.8 Å². The molecule has 1 amide bonds. The van der Waals surface area contributed by atoms with Crippen molar-refractivity contribution in [2.24, 2.45) is 0 Å². The Labute approximate surface area is 179 Å². The third-order valence-corrected chi connectivity index (χ3v) is 5.82. The number of hydrogen-bond donors (Lipinski definition) is 2. The van der Waals surface area contributed by atoms with Crippen molar-refractivity contribution in [3.05, 3.63) is 48.7 Å². The van der Waals surface area contributed by atoms with Gasteiger partial charge in [0.25, 0.3) is 0 Å². The molecule has 1 saturated heterocycles. The van der Waals surface area contributed by atoms with Gasteiger partial charge in [0.05, 0.1) is 18.8 Å². The largest absolute Gasteiger partial charge is 0.497 e. The Bertz CT molecular complexity index is 1240. The van der Waals surface area contributed by atoms with Crippen molar-refractivity contribution in [2.75, 3.05) is 43.5 Å². The van der Waals surface area contributed by atoms with E-state index in [0.717, 1.165) is 70.9 Å². The first kappa shape index (κ1) is 19.2. The fourth-order valence-electron chi connectivity index (χ4n) is 4.06. The van der Waals surface area contributed by atoms with E-state index in [2.05, 4.69) is 44.7 Å². The van der Waals surface area contributed by atoms with Gasteiger partial charge >= 0.3 is 0 Å². The average molecular weight is 416 g/mol. The lowest BCUT2D eigenvalue weighted by Gasteiger charge is -2.35. The fraction of sp³-hybridized carbons (Fsp3) is 0.261. The maximum absolute atomic E-state index is 11.5. The quantitative estimate of drug-likeness (QED) is 0.529. The summed E-state index contributed by atoms with van der Waals surface area (Å²) in [6.07, 6.45) is 1.81. The zero-order valence-corrected chi connectivity index (χ0v) is 17.6. The Morgan fingerprint density at radius 1 is 1.06 bits per heavy atom. The molecule has 0 saturated carbocycles. The summed E-state index contributed by atoms with van der Waals surface area (Å²) in [4.78, 5) is 20.5. The number of fused-ring (bicyclic) bond motifs is 3. The molecule has 0 unspecified atom stereocenters. The number of aromatic amines is 1. The molecule has 0 aliphatic carbocycles. The average Bonchev–Trinajstić information content (AvgIpc) is 3.30. The Hall–Kier alpha value is -3.81. The van der Waals surface area contributed by atoms with Gasteiger partial charge in [-0.1, -0.05) is 0 Å². The molecule has 2 aromatic heterocycles. The molecule has 5 rings (SSSR count). The minimum Gasteiger partial charge on any atom is -0.497 e. The predicted molar refractivity (Wildman–Crippen MR) is 122 cm³/mol. The molecule has 0 atom stereocenters. The third kappa shape index (κ3) is 3.61. The number of aromatic nitrogens is 3. The molecule has 1 aliphatic rings. The minimum absolute atomic E-state index is 0.144. The molecule has 2 N–H and O–H groups in total. The topological polar surface area (TPSA) is 86.4 Å². The Morgan fingerprint density at radius 2 is 1.84 bits per heavy atom. The van der Waals surface area contributed by atoms with E-state index in [1.54, 1.807) is 14.0 Å². The molecular formula is C23H24N6O2. The highest BCUT2D eigenvalue weighted by Gasteiger charge is 2.19. The summed E-state index contributed by atoms with van der Waals surface area (Å²) in [5.41, 5.74) is 3.82. The Balaban J connectivity index is 1.38. The second-order valence-electron chi connectivity index (χ2n) is 7.67. The van der Waals surface area contributed by atoms with Crippen LogP contribution in [0.4, 0.5) is 17.2 Å². The number of pyridine rings is 1. The number of rotatable bonds is 4. The number of carbonyl (C=O) groups is 1. The molecule has 0 radical (unpaired) electrons. The van der Waals surface area contributed by atoms with Crippen LogP contribution in [-0.4, -0.2) is 59.3 Å². The molecule has 8 heteroatoms. The van der Waals surface area contributed by atoms with Crippen molar-refractivity contribution < 1.29 is 9.53 Å². The van der Waals surface area contributed by atoms with Crippen molar-refractivity contribution in [1.82, 2.24) is 20.1 Å². The van der Waals surface area contributed by atoms with Crippen molar-refractivity contribution in [1.29, 1.82) is 0 Å². The summed E-state index contributed by atoms with van der Waals surface area (Å²) in [5, 5.41) is 12.7. The van der Waals surface area contributed by atoms with Crippen LogP contribution in [0.15, 0.2) is 48.7 Å². The van der Waals surface area contributed by atoms with E-state index >= 15 is 0 Å².